The summed E-state index contributed by atoms with van der Waals surface area (Å²) in [6.45, 7) is 2.87. The number of Topliss-reactive ketones (excluding diaryl/α,β-unsaturated/α-hetero) is 1. The fourth-order valence-electron chi connectivity index (χ4n) is 1.92. The van der Waals surface area contributed by atoms with E-state index in [2.05, 4.69) is 4.90 Å². The molecule has 0 aliphatic heterocycles. The summed E-state index contributed by atoms with van der Waals surface area (Å²) in [7, 11) is 7.55. The number of hydrogen-bond acceptors (Lipinski definition) is 5. The van der Waals surface area contributed by atoms with Crippen LogP contribution in [0.25, 0.3) is 0 Å². The molecule has 122 valence electrons. The molecule has 22 heavy (non-hydrogen) atoms. The van der Waals surface area contributed by atoms with Gasteiger partial charge in [-0.1, -0.05) is 33.7 Å². The zero-order chi connectivity index (χ0) is 16.5. The van der Waals surface area contributed by atoms with Crippen LogP contribution < -0.4 is 0 Å². The quantitative estimate of drug-likeness (QED) is 0.521. The van der Waals surface area contributed by atoms with Crippen LogP contribution in [0.15, 0.2) is 18.2 Å². The second kappa shape index (κ2) is 9.92. The van der Waals surface area contributed by atoms with Gasteiger partial charge in [-0.15, -0.1) is 0 Å². The minimum absolute atomic E-state index is 0.0949. The van der Waals surface area contributed by atoms with Crippen molar-refractivity contribution < 1.29 is 14.7 Å². The highest BCUT2D eigenvalue weighted by molar-refractivity contribution is 8.76. The number of carbonyl (C=O) groups is 2. The van der Waals surface area contributed by atoms with E-state index in [1.54, 1.807) is 33.7 Å². The van der Waals surface area contributed by atoms with Crippen molar-refractivity contribution in [1.82, 2.24) is 4.90 Å². The van der Waals surface area contributed by atoms with Gasteiger partial charge in [-0.05, 0) is 38.2 Å². The van der Waals surface area contributed by atoms with E-state index in [9.17, 15) is 14.7 Å². The van der Waals surface area contributed by atoms with Crippen molar-refractivity contribution in [2.24, 2.45) is 0 Å². The first kappa shape index (κ1) is 19.1. The highest BCUT2D eigenvalue weighted by atomic mass is 33.1. The summed E-state index contributed by atoms with van der Waals surface area (Å²) < 4.78 is 0. The Bertz CT molecular complexity index is 518. The van der Waals surface area contributed by atoms with Crippen molar-refractivity contribution in [1.29, 1.82) is 0 Å². The van der Waals surface area contributed by atoms with Crippen LogP contribution in [0.4, 0.5) is 0 Å². The minimum Gasteiger partial charge on any atom is -0.478 e. The summed E-state index contributed by atoms with van der Waals surface area (Å²) in [5.41, 5.74) is 1.74. The molecule has 0 saturated heterocycles. The van der Waals surface area contributed by atoms with Crippen molar-refractivity contribution in [2.75, 3.05) is 32.1 Å². The summed E-state index contributed by atoms with van der Waals surface area (Å²) in [6.07, 6.45) is 0.685. The monoisotopic (exact) mass is 341 g/mol. The lowest BCUT2D eigenvalue weighted by molar-refractivity contribution is -0.118. The van der Waals surface area contributed by atoms with Crippen LogP contribution in [0.3, 0.4) is 0 Å². The Hall–Kier alpha value is -0.980. The van der Waals surface area contributed by atoms with E-state index in [1.807, 2.05) is 27.1 Å². The largest absolute Gasteiger partial charge is 0.478 e. The zero-order valence-corrected chi connectivity index (χ0v) is 14.9. The van der Waals surface area contributed by atoms with E-state index >= 15 is 0 Å². The van der Waals surface area contributed by atoms with Crippen LogP contribution in [-0.2, 0) is 11.2 Å². The van der Waals surface area contributed by atoms with E-state index in [0.29, 0.717) is 12.0 Å². The molecular formula is C16H23NO3S2. The molecule has 0 saturated carbocycles. The summed E-state index contributed by atoms with van der Waals surface area (Å²) in [6, 6.07) is 5.12. The van der Waals surface area contributed by atoms with Gasteiger partial charge in [-0.3, -0.25) is 4.79 Å². The maximum atomic E-state index is 12.1. The average molecular weight is 341 g/mol. The summed E-state index contributed by atoms with van der Waals surface area (Å²) >= 11 is 0. The first-order valence-electron chi connectivity index (χ1n) is 7.14. The van der Waals surface area contributed by atoms with Gasteiger partial charge in [-0.25, -0.2) is 4.79 Å². The Kier molecular flexibility index (Phi) is 8.60. The van der Waals surface area contributed by atoms with Gasteiger partial charge in [-0.2, -0.15) is 0 Å². The van der Waals surface area contributed by atoms with Gasteiger partial charge < -0.3 is 10.0 Å². The molecule has 1 aromatic rings. The van der Waals surface area contributed by atoms with Crippen molar-refractivity contribution in [2.45, 2.75) is 19.8 Å². The number of aryl methyl sites for hydroxylation is 1. The molecule has 1 N–H and O–H groups in total. The van der Waals surface area contributed by atoms with E-state index in [0.717, 1.165) is 23.6 Å². The number of aromatic carboxylic acids is 1. The second-order valence-electron chi connectivity index (χ2n) is 5.32. The number of carboxylic acids is 1. The average Bonchev–Trinajstić information content (AvgIpc) is 2.44. The van der Waals surface area contributed by atoms with Gasteiger partial charge in [0.1, 0.15) is 5.78 Å². The molecule has 0 bridgehead atoms. The Labute approximate surface area is 140 Å². The molecule has 0 aliphatic carbocycles. The maximum absolute atomic E-state index is 12.1. The number of carbonyl (C=O) groups excluding carboxylic acids is 1. The number of carboxylic acid groups (broad SMARTS) is 1. The molecule has 0 radical (unpaired) electrons. The van der Waals surface area contributed by atoms with Crippen molar-refractivity contribution in [3.05, 3.63) is 34.9 Å². The van der Waals surface area contributed by atoms with Crippen molar-refractivity contribution in [3.8, 4) is 0 Å². The van der Waals surface area contributed by atoms with Crippen molar-refractivity contribution in [3.63, 3.8) is 0 Å². The lowest BCUT2D eigenvalue weighted by atomic mass is 9.96. The number of hydrogen-bond donors (Lipinski definition) is 1. The summed E-state index contributed by atoms with van der Waals surface area (Å²) in [5, 5.41) is 9.20. The third-order valence-corrected chi connectivity index (χ3v) is 5.57. The smallest absolute Gasteiger partial charge is 0.335 e. The summed E-state index contributed by atoms with van der Waals surface area (Å²) in [4.78, 5) is 25.4. The molecule has 0 atom stereocenters. The molecule has 0 unspecified atom stereocenters. The lowest BCUT2D eigenvalue weighted by Crippen LogP contribution is -2.14. The Morgan fingerprint density at radius 1 is 1.18 bits per heavy atom. The number of benzene rings is 1. The van der Waals surface area contributed by atoms with Gasteiger partial charge in [0.05, 0.1) is 5.56 Å². The number of ketones is 1. The lowest BCUT2D eigenvalue weighted by Gasteiger charge is -2.09. The number of rotatable bonds is 10. The molecule has 0 aliphatic rings. The fraction of sp³-hybridized carbons (Fsp3) is 0.500. The van der Waals surface area contributed by atoms with Crippen molar-refractivity contribution >= 4 is 33.3 Å². The van der Waals surface area contributed by atoms with E-state index in [-0.39, 0.29) is 17.8 Å². The number of nitrogens with zero attached hydrogens (tertiary/aromatic N) is 1. The highest BCUT2D eigenvalue weighted by Crippen LogP contribution is 2.22. The fourth-order valence-corrected chi connectivity index (χ4v) is 4.08. The summed E-state index contributed by atoms with van der Waals surface area (Å²) in [5.74, 6) is 0.926. The Balaban J connectivity index is 2.41. The molecule has 0 spiro atoms. The molecule has 0 aromatic heterocycles. The molecule has 1 aromatic carbocycles. The van der Waals surface area contributed by atoms with E-state index in [1.165, 1.54) is 0 Å². The topological polar surface area (TPSA) is 57.6 Å². The second-order valence-corrected chi connectivity index (χ2v) is 8.02. The predicted molar refractivity (Wildman–Crippen MR) is 94.9 cm³/mol. The van der Waals surface area contributed by atoms with E-state index in [4.69, 9.17) is 0 Å². The molecule has 4 nitrogen and oxygen atoms in total. The Morgan fingerprint density at radius 3 is 2.50 bits per heavy atom. The molecular weight excluding hydrogens is 318 g/mol. The molecule has 0 fully saturated rings. The SMILES string of the molecule is Cc1cccc(C(=O)O)c1CC(=O)CCSSCCN(C)C. The van der Waals surface area contributed by atoms with Crippen LogP contribution in [0.5, 0.6) is 0 Å². The van der Waals surface area contributed by atoms with Crippen LogP contribution in [0.1, 0.15) is 27.9 Å². The maximum Gasteiger partial charge on any atom is 0.335 e. The zero-order valence-electron chi connectivity index (χ0n) is 13.3. The molecule has 0 amide bonds. The first-order chi connectivity index (χ1) is 10.4. The third-order valence-electron chi connectivity index (χ3n) is 3.18. The Morgan fingerprint density at radius 2 is 1.86 bits per heavy atom. The van der Waals surface area contributed by atoms with Gasteiger partial charge in [0.25, 0.3) is 0 Å². The van der Waals surface area contributed by atoms with E-state index < -0.39 is 5.97 Å². The highest BCUT2D eigenvalue weighted by Gasteiger charge is 2.15. The molecule has 1 rings (SSSR count). The molecule has 0 heterocycles. The minimum atomic E-state index is -0.972. The van der Waals surface area contributed by atoms with Gasteiger partial charge in [0.15, 0.2) is 0 Å². The van der Waals surface area contributed by atoms with Crippen LogP contribution in [0, 0.1) is 6.92 Å². The van der Waals surface area contributed by atoms with Crippen LogP contribution in [-0.4, -0.2) is 53.9 Å². The van der Waals surface area contributed by atoms with Crippen LogP contribution >= 0.6 is 21.6 Å². The van der Waals surface area contributed by atoms with Gasteiger partial charge >= 0.3 is 5.97 Å². The van der Waals surface area contributed by atoms with Gasteiger partial charge in [0, 0.05) is 30.9 Å². The predicted octanol–water partition coefficient (Wildman–Crippen LogP) is 3.14. The first-order valence-corrected chi connectivity index (χ1v) is 9.63. The van der Waals surface area contributed by atoms with Crippen LogP contribution in [0.2, 0.25) is 0 Å². The molecule has 6 heteroatoms. The normalized spacial score (nSPS) is 10.9. The van der Waals surface area contributed by atoms with Gasteiger partial charge in [0.2, 0.25) is 0 Å². The standard InChI is InChI=1S/C16H23NO3S2/c1-12-5-4-6-14(16(19)20)15(12)11-13(18)7-9-21-22-10-8-17(2)3/h4-6H,7-11H2,1-3H3,(H,19,20). The third kappa shape index (κ3) is 6.85.